The van der Waals surface area contributed by atoms with Crippen molar-refractivity contribution < 1.29 is 14.3 Å². The van der Waals surface area contributed by atoms with Crippen LogP contribution in [0.3, 0.4) is 0 Å². The number of hydrogen-bond donors (Lipinski definition) is 0. The van der Waals surface area contributed by atoms with Crippen molar-refractivity contribution in [1.29, 1.82) is 0 Å². The minimum absolute atomic E-state index is 0.303. The van der Waals surface area contributed by atoms with Crippen LogP contribution < -0.4 is 9.64 Å². The maximum absolute atomic E-state index is 12.1. The van der Waals surface area contributed by atoms with Crippen molar-refractivity contribution in [3.05, 3.63) is 58.4 Å². The summed E-state index contributed by atoms with van der Waals surface area (Å²) in [4.78, 5) is 24.9. The molecule has 0 spiro atoms. The van der Waals surface area contributed by atoms with Gasteiger partial charge in [0.1, 0.15) is 23.7 Å². The Hall–Kier alpha value is -2.84. The number of carbonyl (C=O) groups is 1. The number of nitrogens with zero attached hydrogens (tertiary/aromatic N) is 4. The zero-order chi connectivity index (χ0) is 23.8. The largest absolute Gasteiger partial charge is 0.490 e. The summed E-state index contributed by atoms with van der Waals surface area (Å²) in [5.74, 6) is 0.592. The number of pyridine rings is 2. The Morgan fingerprint density at radius 2 is 1.97 bits per heavy atom. The summed E-state index contributed by atoms with van der Waals surface area (Å²) in [5, 5.41) is 1.49. The molecule has 0 fully saturated rings. The summed E-state index contributed by atoms with van der Waals surface area (Å²) >= 11 is 10.0. The van der Waals surface area contributed by atoms with Gasteiger partial charge >= 0.3 is 6.09 Å². The second kappa shape index (κ2) is 9.19. The molecule has 9 heteroatoms. The van der Waals surface area contributed by atoms with Crippen molar-refractivity contribution >= 4 is 50.2 Å². The highest BCUT2D eigenvalue weighted by Gasteiger charge is 2.21. The van der Waals surface area contributed by atoms with Crippen molar-refractivity contribution in [3.63, 3.8) is 0 Å². The Bertz CT molecular complexity index is 1240. The van der Waals surface area contributed by atoms with E-state index >= 15 is 0 Å². The normalized spacial score (nSPS) is 12.7. The third-order valence-electron chi connectivity index (χ3n) is 4.78. The fourth-order valence-electron chi connectivity index (χ4n) is 3.11. The number of benzene rings is 1. The van der Waals surface area contributed by atoms with Gasteiger partial charge in [0.05, 0.1) is 34.7 Å². The van der Waals surface area contributed by atoms with Crippen LogP contribution in [0.15, 0.2) is 53.4 Å². The Morgan fingerprint density at radius 3 is 2.67 bits per heavy atom. The van der Waals surface area contributed by atoms with Crippen LogP contribution in [-0.4, -0.2) is 46.8 Å². The third kappa shape index (κ3) is 5.75. The summed E-state index contributed by atoms with van der Waals surface area (Å²) in [7, 11) is 1.68. The number of ether oxygens (including phenoxy) is 2. The molecule has 1 aliphatic rings. The molecule has 0 aliphatic carbocycles. The van der Waals surface area contributed by atoms with Crippen molar-refractivity contribution in [3.8, 4) is 17.1 Å². The molecule has 4 rings (SSSR count). The lowest BCUT2D eigenvalue weighted by molar-refractivity contribution is 0.0278. The molecule has 1 aliphatic heterocycles. The van der Waals surface area contributed by atoms with Crippen LogP contribution >= 0.6 is 27.5 Å². The Kier molecular flexibility index (Phi) is 6.50. The quantitative estimate of drug-likeness (QED) is 0.375. The van der Waals surface area contributed by atoms with E-state index in [0.29, 0.717) is 35.3 Å². The predicted octanol–water partition coefficient (Wildman–Crippen LogP) is 6.25. The summed E-state index contributed by atoms with van der Waals surface area (Å²) in [6.07, 6.45) is 5.12. The molecule has 0 atom stereocenters. The van der Waals surface area contributed by atoms with E-state index in [9.17, 15) is 4.79 Å². The number of halogens is 2. The first-order valence-electron chi connectivity index (χ1n) is 10.4. The lowest BCUT2D eigenvalue weighted by Gasteiger charge is -2.24. The number of hydrogen-bond acceptors (Lipinski definition) is 6. The second-order valence-electron chi connectivity index (χ2n) is 8.65. The number of likely N-dealkylation sites (N-methyl/N-ethyl adjacent to an activating group) is 1. The highest BCUT2D eigenvalue weighted by Crippen LogP contribution is 2.37. The summed E-state index contributed by atoms with van der Waals surface area (Å²) < 4.78 is 12.1. The molecule has 3 aromatic rings. The first kappa shape index (κ1) is 23.3. The maximum Gasteiger partial charge on any atom is 0.410 e. The van der Waals surface area contributed by atoms with E-state index in [-0.39, 0.29) is 6.09 Å². The lowest BCUT2D eigenvalue weighted by Crippen LogP contribution is -2.36. The first-order chi connectivity index (χ1) is 15.6. The van der Waals surface area contributed by atoms with E-state index in [2.05, 4.69) is 20.9 Å². The number of aromatic nitrogens is 2. The fourth-order valence-corrected chi connectivity index (χ4v) is 3.73. The van der Waals surface area contributed by atoms with Crippen LogP contribution in [0.25, 0.3) is 22.3 Å². The maximum atomic E-state index is 12.1. The van der Waals surface area contributed by atoms with E-state index in [0.717, 1.165) is 21.1 Å². The topological polar surface area (TPSA) is 67.6 Å². The van der Waals surface area contributed by atoms with Gasteiger partial charge in [-0.05, 0) is 39.0 Å². The number of rotatable bonds is 6. The molecule has 1 amide bonds. The number of amides is 1. The highest BCUT2D eigenvalue weighted by molar-refractivity contribution is 9.10. The third-order valence-corrected chi connectivity index (χ3v) is 5.59. The van der Waals surface area contributed by atoms with Gasteiger partial charge < -0.3 is 19.3 Å². The molecule has 172 valence electrons. The van der Waals surface area contributed by atoms with Crippen LogP contribution in [0.1, 0.15) is 20.8 Å². The monoisotopic (exact) mass is 530 g/mol. The molecular formula is C24H24BrClN4O3. The van der Waals surface area contributed by atoms with Crippen molar-refractivity contribution in [1.82, 2.24) is 14.9 Å². The van der Waals surface area contributed by atoms with E-state index < -0.39 is 5.60 Å². The Labute approximate surface area is 206 Å². The average molecular weight is 532 g/mol. The van der Waals surface area contributed by atoms with Crippen molar-refractivity contribution in [2.75, 3.05) is 25.1 Å². The van der Waals surface area contributed by atoms with Crippen molar-refractivity contribution in [2.45, 2.75) is 26.4 Å². The van der Waals surface area contributed by atoms with E-state index in [1.165, 1.54) is 4.90 Å². The van der Waals surface area contributed by atoms with Gasteiger partial charge in [-0.1, -0.05) is 33.6 Å². The van der Waals surface area contributed by atoms with Gasteiger partial charge in [0, 0.05) is 35.4 Å². The Morgan fingerprint density at radius 1 is 1.21 bits per heavy atom. The van der Waals surface area contributed by atoms with Crippen molar-refractivity contribution in [2.24, 2.45) is 0 Å². The molecule has 0 saturated heterocycles. The van der Waals surface area contributed by atoms with Gasteiger partial charge in [-0.25, -0.2) is 14.8 Å². The number of carbonyl (C=O) groups excluding carboxylic acids is 1. The number of anilines is 1. The van der Waals surface area contributed by atoms with Crippen LogP contribution in [0.4, 0.5) is 10.5 Å². The van der Waals surface area contributed by atoms with E-state index in [1.807, 2.05) is 68.4 Å². The molecule has 1 aromatic carbocycles. The van der Waals surface area contributed by atoms with Crippen LogP contribution in [-0.2, 0) is 4.74 Å². The number of fused-ring (bicyclic) bond motifs is 1. The van der Waals surface area contributed by atoms with E-state index in [4.69, 9.17) is 26.1 Å². The van der Waals surface area contributed by atoms with Crippen LogP contribution in [0.5, 0.6) is 5.75 Å². The average Bonchev–Trinajstić information content (AvgIpc) is 3.57. The minimum atomic E-state index is -0.539. The smallest absolute Gasteiger partial charge is 0.410 e. The zero-order valence-electron chi connectivity index (χ0n) is 18.8. The molecule has 0 radical (unpaired) electrons. The molecule has 0 saturated carbocycles. The lowest BCUT2D eigenvalue weighted by atomic mass is 10.1. The molecule has 3 heterocycles. The molecule has 0 unspecified atom stereocenters. The minimum Gasteiger partial charge on any atom is -0.490 e. The first-order valence-corrected chi connectivity index (χ1v) is 11.6. The molecule has 2 aromatic heterocycles. The van der Waals surface area contributed by atoms with Gasteiger partial charge in [0.2, 0.25) is 0 Å². The van der Waals surface area contributed by atoms with Gasteiger partial charge in [-0.3, -0.25) is 0 Å². The van der Waals surface area contributed by atoms with Gasteiger partial charge in [0.25, 0.3) is 0 Å². The highest BCUT2D eigenvalue weighted by atomic mass is 79.9. The molecule has 0 N–H and O–H groups in total. The van der Waals surface area contributed by atoms with Gasteiger partial charge in [-0.15, -0.1) is 0 Å². The van der Waals surface area contributed by atoms with Gasteiger partial charge in [-0.2, -0.15) is 0 Å². The molecule has 0 bridgehead atoms. The van der Waals surface area contributed by atoms with Crippen LogP contribution in [0, 0.1) is 0 Å². The second-order valence-corrected chi connectivity index (χ2v) is 9.97. The fraction of sp³-hybridized carbons (Fsp3) is 0.292. The summed E-state index contributed by atoms with van der Waals surface area (Å²) in [6.45, 7) is 6.19. The summed E-state index contributed by atoms with van der Waals surface area (Å²) in [5.41, 5.74) is 2.45. The SMILES string of the molecule is CN(CCOc1cnc(-c2cc(Cl)c3ccc(Br)cc3n2)c(N2C=C2)c1)C(=O)OC(C)(C)C. The predicted molar refractivity (Wildman–Crippen MR) is 134 cm³/mol. The van der Waals surface area contributed by atoms with E-state index in [1.54, 1.807) is 13.2 Å². The zero-order valence-corrected chi connectivity index (χ0v) is 21.1. The summed E-state index contributed by atoms with van der Waals surface area (Å²) in [6, 6.07) is 9.52. The Balaban J connectivity index is 1.51. The molecule has 7 nitrogen and oxygen atoms in total. The standard InChI is InChI=1S/C24H24BrClN4O3/c1-24(2,3)33-23(31)29(4)9-10-32-16-12-21(30-7-8-30)22(27-14-16)20-13-18(26)17-6-5-15(25)11-19(17)28-20/h5-8,11-14H,9-10H2,1-4H3. The molecule has 33 heavy (non-hydrogen) atoms. The van der Waals surface area contributed by atoms with Crippen LogP contribution in [0.2, 0.25) is 5.02 Å². The molecular weight excluding hydrogens is 508 g/mol. The van der Waals surface area contributed by atoms with Gasteiger partial charge in [0.15, 0.2) is 0 Å².